The Balaban J connectivity index is 1.88. The van der Waals surface area contributed by atoms with Gasteiger partial charge in [-0.15, -0.1) is 0 Å². The second-order valence-corrected chi connectivity index (χ2v) is 6.83. The van der Waals surface area contributed by atoms with Crippen molar-refractivity contribution in [3.8, 4) is 0 Å². The highest BCUT2D eigenvalue weighted by Crippen LogP contribution is 2.39. The summed E-state index contributed by atoms with van der Waals surface area (Å²) in [7, 11) is 0. The van der Waals surface area contributed by atoms with Crippen molar-refractivity contribution in [2.45, 2.75) is 58.5 Å². The quantitative estimate of drug-likeness (QED) is 0.822. The average molecular weight is 261 g/mol. The van der Waals surface area contributed by atoms with Gasteiger partial charge < -0.3 is 10.4 Å². The SMILES string of the molecule is CC(C)(C)C(CCO)NCc1ccc(C2CC2)cc1. The van der Waals surface area contributed by atoms with Crippen LogP contribution >= 0.6 is 0 Å². The molecule has 2 N–H and O–H groups in total. The Morgan fingerprint density at radius 1 is 1.21 bits per heavy atom. The molecule has 1 unspecified atom stereocenters. The molecule has 1 saturated carbocycles. The molecule has 1 aromatic rings. The second-order valence-electron chi connectivity index (χ2n) is 6.83. The van der Waals surface area contributed by atoms with Crippen molar-refractivity contribution in [3.63, 3.8) is 0 Å². The van der Waals surface area contributed by atoms with Gasteiger partial charge >= 0.3 is 0 Å². The van der Waals surface area contributed by atoms with Crippen LogP contribution in [0.25, 0.3) is 0 Å². The van der Waals surface area contributed by atoms with Crippen LogP contribution in [0.4, 0.5) is 0 Å². The molecule has 2 rings (SSSR count). The van der Waals surface area contributed by atoms with Gasteiger partial charge in [0.15, 0.2) is 0 Å². The van der Waals surface area contributed by atoms with Gasteiger partial charge in [-0.2, -0.15) is 0 Å². The fourth-order valence-corrected chi connectivity index (χ4v) is 2.54. The van der Waals surface area contributed by atoms with Crippen LogP contribution in [-0.4, -0.2) is 17.8 Å². The van der Waals surface area contributed by atoms with Gasteiger partial charge in [0, 0.05) is 19.2 Å². The third kappa shape index (κ3) is 4.32. The third-order valence-electron chi connectivity index (χ3n) is 4.04. The van der Waals surface area contributed by atoms with Gasteiger partial charge in [0.2, 0.25) is 0 Å². The molecule has 2 heteroatoms. The molecule has 106 valence electrons. The first-order chi connectivity index (χ1) is 9.00. The molecule has 2 nitrogen and oxygen atoms in total. The van der Waals surface area contributed by atoms with E-state index in [1.807, 2.05) is 0 Å². The van der Waals surface area contributed by atoms with E-state index < -0.39 is 0 Å². The third-order valence-corrected chi connectivity index (χ3v) is 4.04. The molecule has 1 atom stereocenters. The van der Waals surface area contributed by atoms with E-state index in [2.05, 4.69) is 50.4 Å². The highest BCUT2D eigenvalue weighted by molar-refractivity contribution is 5.28. The van der Waals surface area contributed by atoms with Crippen LogP contribution in [0.2, 0.25) is 0 Å². The maximum atomic E-state index is 9.16. The lowest BCUT2D eigenvalue weighted by Gasteiger charge is -2.31. The minimum Gasteiger partial charge on any atom is -0.396 e. The number of rotatable bonds is 6. The first kappa shape index (κ1) is 14.5. The summed E-state index contributed by atoms with van der Waals surface area (Å²) in [4.78, 5) is 0. The van der Waals surface area contributed by atoms with Gasteiger partial charge in [-0.05, 0) is 41.7 Å². The zero-order valence-electron chi connectivity index (χ0n) is 12.4. The van der Waals surface area contributed by atoms with Gasteiger partial charge in [-0.25, -0.2) is 0 Å². The van der Waals surface area contributed by atoms with Crippen molar-refractivity contribution >= 4 is 0 Å². The summed E-state index contributed by atoms with van der Waals surface area (Å²) >= 11 is 0. The van der Waals surface area contributed by atoms with Gasteiger partial charge in [-0.1, -0.05) is 45.0 Å². The van der Waals surface area contributed by atoms with Crippen LogP contribution < -0.4 is 5.32 Å². The van der Waals surface area contributed by atoms with Crippen molar-refractivity contribution in [3.05, 3.63) is 35.4 Å². The molecule has 0 saturated heterocycles. The van der Waals surface area contributed by atoms with E-state index in [0.29, 0.717) is 6.04 Å². The topological polar surface area (TPSA) is 32.3 Å². The van der Waals surface area contributed by atoms with Crippen LogP contribution in [0, 0.1) is 5.41 Å². The molecule has 1 aliphatic carbocycles. The van der Waals surface area contributed by atoms with E-state index in [1.165, 1.54) is 24.0 Å². The Morgan fingerprint density at radius 2 is 1.84 bits per heavy atom. The number of hydrogen-bond donors (Lipinski definition) is 2. The number of benzene rings is 1. The smallest absolute Gasteiger partial charge is 0.0446 e. The molecule has 1 fully saturated rings. The molecule has 1 aromatic carbocycles. The van der Waals surface area contributed by atoms with Gasteiger partial charge in [-0.3, -0.25) is 0 Å². The number of nitrogens with one attached hydrogen (secondary N) is 1. The summed E-state index contributed by atoms with van der Waals surface area (Å²) < 4.78 is 0. The molecule has 0 aliphatic heterocycles. The molecular formula is C17H27NO. The van der Waals surface area contributed by atoms with Crippen molar-refractivity contribution in [1.29, 1.82) is 0 Å². The molecule has 0 radical (unpaired) electrons. The highest BCUT2D eigenvalue weighted by Gasteiger charge is 2.24. The lowest BCUT2D eigenvalue weighted by molar-refractivity contribution is 0.196. The number of hydrogen-bond acceptors (Lipinski definition) is 2. The summed E-state index contributed by atoms with van der Waals surface area (Å²) in [6.45, 7) is 7.78. The Morgan fingerprint density at radius 3 is 2.32 bits per heavy atom. The van der Waals surface area contributed by atoms with E-state index in [9.17, 15) is 0 Å². The molecular weight excluding hydrogens is 234 g/mol. The van der Waals surface area contributed by atoms with Crippen LogP contribution in [0.5, 0.6) is 0 Å². The molecule has 0 bridgehead atoms. The second kappa shape index (κ2) is 6.06. The van der Waals surface area contributed by atoms with Crippen molar-refractivity contribution < 1.29 is 5.11 Å². The van der Waals surface area contributed by atoms with Crippen LogP contribution in [0.3, 0.4) is 0 Å². The van der Waals surface area contributed by atoms with Crippen LogP contribution in [0.1, 0.15) is 57.1 Å². The molecule has 0 amide bonds. The van der Waals surface area contributed by atoms with E-state index in [1.54, 1.807) is 0 Å². The predicted octanol–water partition coefficient (Wildman–Crippen LogP) is 3.45. The average Bonchev–Trinajstić information content (AvgIpc) is 3.18. The van der Waals surface area contributed by atoms with Crippen LogP contribution in [-0.2, 0) is 6.54 Å². The summed E-state index contributed by atoms with van der Waals surface area (Å²) in [6.07, 6.45) is 3.53. The van der Waals surface area contributed by atoms with Crippen molar-refractivity contribution in [1.82, 2.24) is 5.32 Å². The lowest BCUT2D eigenvalue weighted by Crippen LogP contribution is -2.40. The summed E-state index contributed by atoms with van der Waals surface area (Å²) in [5.41, 5.74) is 3.00. The Kier molecular flexibility index (Phi) is 4.64. The fraction of sp³-hybridized carbons (Fsp3) is 0.647. The van der Waals surface area contributed by atoms with E-state index in [-0.39, 0.29) is 12.0 Å². The minimum atomic E-state index is 0.177. The summed E-state index contributed by atoms with van der Waals surface area (Å²) in [5.74, 6) is 0.832. The van der Waals surface area contributed by atoms with Crippen molar-refractivity contribution in [2.75, 3.05) is 6.61 Å². The number of aliphatic hydroxyl groups excluding tert-OH is 1. The zero-order valence-corrected chi connectivity index (χ0v) is 12.4. The highest BCUT2D eigenvalue weighted by atomic mass is 16.3. The monoisotopic (exact) mass is 261 g/mol. The lowest BCUT2D eigenvalue weighted by atomic mass is 9.85. The standard InChI is InChI=1S/C17H27NO/c1-17(2,3)16(10-11-19)18-12-13-4-6-14(7-5-13)15-8-9-15/h4-7,15-16,18-19H,8-12H2,1-3H3. The van der Waals surface area contributed by atoms with E-state index in [4.69, 9.17) is 5.11 Å². The first-order valence-corrected chi connectivity index (χ1v) is 7.44. The zero-order chi connectivity index (χ0) is 13.9. The molecule has 0 heterocycles. The maximum Gasteiger partial charge on any atom is 0.0446 e. The molecule has 19 heavy (non-hydrogen) atoms. The fourth-order valence-electron chi connectivity index (χ4n) is 2.54. The van der Waals surface area contributed by atoms with Gasteiger partial charge in [0.25, 0.3) is 0 Å². The maximum absolute atomic E-state index is 9.16. The molecule has 0 aromatic heterocycles. The largest absolute Gasteiger partial charge is 0.396 e. The van der Waals surface area contributed by atoms with Crippen LogP contribution in [0.15, 0.2) is 24.3 Å². The Labute approximate surface area is 117 Å². The van der Waals surface area contributed by atoms with Crippen molar-refractivity contribution in [2.24, 2.45) is 5.41 Å². The number of aliphatic hydroxyl groups is 1. The van der Waals surface area contributed by atoms with Gasteiger partial charge in [0.1, 0.15) is 0 Å². The summed E-state index contributed by atoms with van der Waals surface area (Å²) in [5, 5.41) is 12.7. The van der Waals surface area contributed by atoms with Gasteiger partial charge in [0.05, 0.1) is 0 Å². The predicted molar refractivity (Wildman–Crippen MR) is 80.2 cm³/mol. The first-order valence-electron chi connectivity index (χ1n) is 7.44. The summed E-state index contributed by atoms with van der Waals surface area (Å²) in [6, 6.07) is 9.36. The minimum absolute atomic E-state index is 0.177. The van der Waals surface area contributed by atoms with E-state index in [0.717, 1.165) is 18.9 Å². The Bertz CT molecular complexity index is 387. The van der Waals surface area contributed by atoms with E-state index >= 15 is 0 Å². The Hall–Kier alpha value is -0.860. The normalized spacial score (nSPS) is 17.5. The molecule has 0 spiro atoms. The molecule has 1 aliphatic rings.